The van der Waals surface area contributed by atoms with Crippen LogP contribution in [0.15, 0.2) is 28.6 Å². The van der Waals surface area contributed by atoms with Gasteiger partial charge in [-0.1, -0.05) is 23.9 Å². The number of nitrogens with two attached hydrogens (primary N) is 1. The summed E-state index contributed by atoms with van der Waals surface area (Å²) in [5.41, 5.74) is 6.64. The molecule has 0 amide bonds. The fourth-order valence-electron chi connectivity index (χ4n) is 1.35. The van der Waals surface area contributed by atoms with E-state index in [9.17, 15) is 0 Å². The Morgan fingerprint density at radius 1 is 1.33 bits per heavy atom. The maximum Gasteiger partial charge on any atom is 0.170 e. The highest BCUT2D eigenvalue weighted by molar-refractivity contribution is 8.00. The number of nitrogens with zero attached hydrogens (tertiary/aromatic N) is 2. The van der Waals surface area contributed by atoms with Gasteiger partial charge in [0.05, 0.1) is 6.61 Å². The largest absolute Gasteiger partial charge is 0.493 e. The molecule has 1 aromatic carbocycles. The molecule has 2 rings (SSSR count). The van der Waals surface area contributed by atoms with Crippen LogP contribution in [0.4, 0.5) is 0 Å². The minimum absolute atomic E-state index is 0.562. The molecule has 0 saturated carbocycles. The molecular formula is C12H15N3OS2. The van der Waals surface area contributed by atoms with E-state index < -0.39 is 0 Å². The summed E-state index contributed by atoms with van der Waals surface area (Å²) in [6, 6.07) is 7.86. The summed E-state index contributed by atoms with van der Waals surface area (Å²) in [5, 5.41) is 0. The van der Waals surface area contributed by atoms with Crippen molar-refractivity contribution in [2.45, 2.75) is 17.8 Å². The van der Waals surface area contributed by atoms with E-state index in [4.69, 9.17) is 10.5 Å². The molecule has 4 nitrogen and oxygen atoms in total. The van der Waals surface area contributed by atoms with Crippen molar-refractivity contribution in [3.63, 3.8) is 0 Å². The molecule has 0 atom stereocenters. The molecule has 1 aromatic heterocycles. The second-order valence-electron chi connectivity index (χ2n) is 3.65. The monoisotopic (exact) mass is 281 g/mol. The van der Waals surface area contributed by atoms with Gasteiger partial charge in [-0.25, -0.2) is 4.98 Å². The lowest BCUT2D eigenvalue weighted by molar-refractivity contribution is 0.344. The molecule has 0 bridgehead atoms. The Morgan fingerprint density at radius 3 is 2.72 bits per heavy atom. The smallest absolute Gasteiger partial charge is 0.170 e. The van der Waals surface area contributed by atoms with Gasteiger partial charge in [0.15, 0.2) is 4.34 Å². The predicted octanol–water partition coefficient (Wildman–Crippen LogP) is 2.48. The van der Waals surface area contributed by atoms with Crippen LogP contribution in [-0.4, -0.2) is 21.7 Å². The van der Waals surface area contributed by atoms with Crippen LogP contribution in [0.5, 0.6) is 5.75 Å². The summed E-state index contributed by atoms with van der Waals surface area (Å²) in [4.78, 5) is 4.28. The predicted molar refractivity (Wildman–Crippen MR) is 75.2 cm³/mol. The van der Waals surface area contributed by atoms with Crippen LogP contribution in [-0.2, 0) is 6.54 Å². The van der Waals surface area contributed by atoms with E-state index in [-0.39, 0.29) is 0 Å². The van der Waals surface area contributed by atoms with E-state index in [0.717, 1.165) is 27.2 Å². The van der Waals surface area contributed by atoms with Crippen molar-refractivity contribution in [1.29, 1.82) is 0 Å². The lowest BCUT2D eigenvalue weighted by Gasteiger charge is -2.05. The van der Waals surface area contributed by atoms with Crippen molar-refractivity contribution < 1.29 is 4.74 Å². The third kappa shape index (κ3) is 3.97. The Hall–Kier alpha value is -1.11. The first-order valence-electron chi connectivity index (χ1n) is 5.63. The van der Waals surface area contributed by atoms with Crippen molar-refractivity contribution in [3.05, 3.63) is 35.7 Å². The van der Waals surface area contributed by atoms with Crippen LogP contribution in [0, 0.1) is 6.92 Å². The number of benzene rings is 1. The molecule has 0 fully saturated rings. The van der Waals surface area contributed by atoms with E-state index in [1.54, 1.807) is 11.8 Å². The lowest BCUT2D eigenvalue weighted by Crippen LogP contribution is -2.01. The summed E-state index contributed by atoms with van der Waals surface area (Å²) in [6.45, 7) is 3.12. The number of aryl methyl sites for hydroxylation is 1. The zero-order chi connectivity index (χ0) is 12.8. The van der Waals surface area contributed by atoms with Gasteiger partial charge < -0.3 is 10.5 Å². The first kappa shape index (κ1) is 13.3. The maximum atomic E-state index is 5.63. The number of rotatable bonds is 6. The van der Waals surface area contributed by atoms with E-state index in [1.807, 2.05) is 31.2 Å². The summed E-state index contributed by atoms with van der Waals surface area (Å²) in [7, 11) is 0. The Morgan fingerprint density at radius 2 is 2.11 bits per heavy atom. The Bertz CT molecular complexity index is 484. The van der Waals surface area contributed by atoms with Crippen LogP contribution in [0.3, 0.4) is 0 Å². The van der Waals surface area contributed by atoms with E-state index in [1.165, 1.54) is 11.5 Å². The molecule has 0 aliphatic rings. The van der Waals surface area contributed by atoms with Crippen molar-refractivity contribution in [3.8, 4) is 5.75 Å². The van der Waals surface area contributed by atoms with Gasteiger partial charge >= 0.3 is 0 Å². The first-order valence-corrected chi connectivity index (χ1v) is 7.39. The SMILES string of the molecule is Cc1nsc(SCCOc2ccc(CN)cc2)n1. The summed E-state index contributed by atoms with van der Waals surface area (Å²) in [6.07, 6.45) is 0. The molecule has 0 aliphatic carbocycles. The quantitative estimate of drug-likeness (QED) is 0.651. The summed E-state index contributed by atoms with van der Waals surface area (Å²) >= 11 is 3.10. The van der Waals surface area contributed by atoms with Crippen LogP contribution in [0.1, 0.15) is 11.4 Å². The molecule has 18 heavy (non-hydrogen) atoms. The molecule has 0 radical (unpaired) electrons. The zero-order valence-electron chi connectivity index (χ0n) is 10.1. The molecule has 96 valence electrons. The Labute approximate surface area is 115 Å². The van der Waals surface area contributed by atoms with Gasteiger partial charge in [0.25, 0.3) is 0 Å². The minimum atomic E-state index is 0.562. The molecule has 0 unspecified atom stereocenters. The standard InChI is InChI=1S/C12H15N3OS2/c1-9-14-12(18-15-9)17-7-6-16-11-4-2-10(8-13)3-5-11/h2-5H,6-8,13H2,1H3. The van der Waals surface area contributed by atoms with Crippen LogP contribution in [0.2, 0.25) is 0 Å². The molecule has 6 heteroatoms. The Balaban J connectivity index is 1.71. The molecule has 1 heterocycles. The number of aromatic nitrogens is 2. The van der Waals surface area contributed by atoms with Gasteiger partial charge in [0.2, 0.25) is 0 Å². The third-order valence-electron chi connectivity index (χ3n) is 2.25. The molecular weight excluding hydrogens is 266 g/mol. The average molecular weight is 281 g/mol. The highest BCUT2D eigenvalue weighted by Gasteiger charge is 2.01. The molecule has 0 saturated heterocycles. The Kier molecular flexibility index (Phi) is 4.98. The minimum Gasteiger partial charge on any atom is -0.493 e. The molecule has 0 spiro atoms. The van der Waals surface area contributed by atoms with Gasteiger partial charge in [0.1, 0.15) is 11.6 Å². The zero-order valence-corrected chi connectivity index (χ0v) is 11.8. The van der Waals surface area contributed by atoms with Crippen molar-refractivity contribution in [2.24, 2.45) is 5.73 Å². The fraction of sp³-hybridized carbons (Fsp3) is 0.333. The van der Waals surface area contributed by atoms with Crippen LogP contribution >= 0.6 is 23.3 Å². The number of thioether (sulfide) groups is 1. The second-order valence-corrected chi connectivity index (χ2v) is 5.75. The fourth-order valence-corrected chi connectivity index (χ4v) is 2.88. The molecule has 0 aliphatic heterocycles. The first-order chi connectivity index (χ1) is 8.78. The van der Waals surface area contributed by atoms with Gasteiger partial charge in [0, 0.05) is 12.3 Å². The van der Waals surface area contributed by atoms with E-state index in [2.05, 4.69) is 9.36 Å². The van der Waals surface area contributed by atoms with Crippen molar-refractivity contribution >= 4 is 23.3 Å². The van der Waals surface area contributed by atoms with Crippen molar-refractivity contribution in [1.82, 2.24) is 9.36 Å². The highest BCUT2D eigenvalue weighted by atomic mass is 32.2. The number of hydrogen-bond donors (Lipinski definition) is 1. The normalized spacial score (nSPS) is 10.6. The van der Waals surface area contributed by atoms with Crippen LogP contribution in [0.25, 0.3) is 0 Å². The van der Waals surface area contributed by atoms with Crippen LogP contribution < -0.4 is 10.5 Å². The van der Waals surface area contributed by atoms with Gasteiger partial charge in [-0.3, -0.25) is 0 Å². The van der Waals surface area contributed by atoms with E-state index >= 15 is 0 Å². The van der Waals surface area contributed by atoms with Gasteiger partial charge in [-0.2, -0.15) is 4.37 Å². The average Bonchev–Trinajstić information content (AvgIpc) is 2.81. The molecule has 2 aromatic rings. The van der Waals surface area contributed by atoms with Crippen molar-refractivity contribution in [2.75, 3.05) is 12.4 Å². The lowest BCUT2D eigenvalue weighted by atomic mass is 10.2. The topological polar surface area (TPSA) is 61.0 Å². The van der Waals surface area contributed by atoms with Gasteiger partial charge in [-0.05, 0) is 36.2 Å². The van der Waals surface area contributed by atoms with Gasteiger partial charge in [-0.15, -0.1) is 0 Å². The highest BCUT2D eigenvalue weighted by Crippen LogP contribution is 2.20. The third-order valence-corrected chi connectivity index (χ3v) is 4.13. The summed E-state index contributed by atoms with van der Waals surface area (Å²) in [5.74, 6) is 2.58. The molecule has 2 N–H and O–H groups in total. The number of ether oxygens (including phenoxy) is 1. The maximum absolute atomic E-state index is 5.63. The summed E-state index contributed by atoms with van der Waals surface area (Å²) < 4.78 is 10.8. The van der Waals surface area contributed by atoms with E-state index in [0.29, 0.717) is 13.2 Å². The number of hydrogen-bond acceptors (Lipinski definition) is 6. The second kappa shape index (κ2) is 6.72.